The minimum atomic E-state index is -0.268. The molecule has 8 heteroatoms. The number of piperidine rings is 1. The maximum absolute atomic E-state index is 12.3. The molecular weight excluding hydrogens is 442 g/mol. The van der Waals surface area contributed by atoms with Gasteiger partial charge >= 0.3 is 0 Å². The maximum atomic E-state index is 12.3. The molecule has 6 nitrogen and oxygen atoms in total. The second-order valence-corrected chi connectivity index (χ2v) is 8.52. The predicted molar refractivity (Wildman–Crippen MR) is 113 cm³/mol. The summed E-state index contributed by atoms with van der Waals surface area (Å²) in [6.07, 6.45) is 3.10. The molecule has 3 heterocycles. The Morgan fingerprint density at radius 1 is 1.25 bits per heavy atom. The molecule has 1 saturated heterocycles. The van der Waals surface area contributed by atoms with Gasteiger partial charge < -0.3 is 15.1 Å². The smallest absolute Gasteiger partial charge is 0.286 e. The van der Waals surface area contributed by atoms with E-state index in [9.17, 15) is 9.59 Å². The number of aliphatic imine (C=N–C) groups is 1. The van der Waals surface area contributed by atoms with E-state index in [4.69, 9.17) is 10.2 Å². The van der Waals surface area contributed by atoms with Crippen LogP contribution in [0.1, 0.15) is 18.6 Å². The maximum Gasteiger partial charge on any atom is 0.286 e. The first-order chi connectivity index (χ1) is 13.5. The predicted octanol–water partition coefficient (Wildman–Crippen LogP) is 3.88. The summed E-state index contributed by atoms with van der Waals surface area (Å²) < 4.78 is 6.84. The highest BCUT2D eigenvalue weighted by Crippen LogP contribution is 2.34. The highest BCUT2D eigenvalue weighted by atomic mass is 79.9. The van der Waals surface area contributed by atoms with Crippen LogP contribution in [0.15, 0.2) is 55.2 Å². The van der Waals surface area contributed by atoms with Crippen molar-refractivity contribution in [1.29, 1.82) is 0 Å². The summed E-state index contributed by atoms with van der Waals surface area (Å²) in [7, 11) is 0. The molecule has 4 rings (SSSR count). The van der Waals surface area contributed by atoms with E-state index in [1.807, 2.05) is 41.3 Å². The van der Waals surface area contributed by atoms with Crippen LogP contribution in [-0.2, 0) is 9.59 Å². The molecule has 1 fully saturated rings. The summed E-state index contributed by atoms with van der Waals surface area (Å²) in [5.74, 6) is 0.717. The molecule has 2 aliphatic heterocycles. The Kier molecular flexibility index (Phi) is 5.41. The fourth-order valence-corrected chi connectivity index (χ4v) is 4.68. The molecule has 0 atom stereocenters. The number of furan rings is 1. The van der Waals surface area contributed by atoms with Crippen molar-refractivity contribution in [3.63, 3.8) is 0 Å². The van der Waals surface area contributed by atoms with E-state index in [1.54, 1.807) is 6.08 Å². The minimum absolute atomic E-state index is 0.0900. The van der Waals surface area contributed by atoms with Gasteiger partial charge in [-0.05, 0) is 42.8 Å². The van der Waals surface area contributed by atoms with Crippen LogP contribution >= 0.6 is 27.7 Å². The van der Waals surface area contributed by atoms with Crippen LogP contribution in [0.2, 0.25) is 0 Å². The first-order valence-corrected chi connectivity index (χ1v) is 10.5. The number of carbonyl (C=O) groups is 2. The van der Waals surface area contributed by atoms with Gasteiger partial charge in [-0.15, -0.1) is 0 Å². The topological polar surface area (TPSA) is 88.9 Å². The molecule has 144 valence electrons. The lowest BCUT2D eigenvalue weighted by atomic mass is 9.97. The quantitative estimate of drug-likeness (QED) is 0.703. The monoisotopic (exact) mass is 459 g/mol. The van der Waals surface area contributed by atoms with Gasteiger partial charge in [0.15, 0.2) is 5.17 Å². The van der Waals surface area contributed by atoms with Gasteiger partial charge in [-0.3, -0.25) is 9.59 Å². The van der Waals surface area contributed by atoms with Crippen LogP contribution in [0.25, 0.3) is 17.4 Å². The Balaban J connectivity index is 1.45. The standard InChI is InChI=1S/C20H18BrN3O3S/c21-15-4-2-1-3-14(15)16-6-5-13(27-16)11-17-19(26)23-20(28-17)24-9-7-12(8-10-24)18(22)25/h1-6,11-12H,7-10H2,(H2,22,25)/b17-11+. The summed E-state index contributed by atoms with van der Waals surface area (Å²) in [5, 5.41) is 0.678. The van der Waals surface area contributed by atoms with E-state index < -0.39 is 0 Å². The zero-order valence-corrected chi connectivity index (χ0v) is 17.3. The SMILES string of the molecule is NC(=O)C1CCN(C2=NC(=O)/C(=C\c3ccc(-c4ccccc4Br)o3)S2)CC1. The van der Waals surface area contributed by atoms with Crippen LogP contribution < -0.4 is 5.73 Å². The summed E-state index contributed by atoms with van der Waals surface area (Å²) in [6, 6.07) is 11.5. The molecule has 2 aliphatic rings. The zero-order chi connectivity index (χ0) is 19.7. The van der Waals surface area contributed by atoms with E-state index in [1.165, 1.54) is 11.8 Å². The molecule has 2 amide bonds. The number of amidine groups is 1. The number of benzene rings is 1. The summed E-state index contributed by atoms with van der Waals surface area (Å²) >= 11 is 4.86. The van der Waals surface area contributed by atoms with Crippen molar-refractivity contribution in [1.82, 2.24) is 4.90 Å². The van der Waals surface area contributed by atoms with Crippen LogP contribution in [0.3, 0.4) is 0 Å². The fourth-order valence-electron chi connectivity index (χ4n) is 3.25. The molecule has 0 saturated carbocycles. The third kappa shape index (κ3) is 3.93. The Labute approximate surface area is 175 Å². The number of rotatable bonds is 3. The second-order valence-electron chi connectivity index (χ2n) is 6.66. The number of amides is 2. The van der Waals surface area contributed by atoms with Crippen molar-refractivity contribution in [3.8, 4) is 11.3 Å². The first kappa shape index (κ1) is 19.0. The van der Waals surface area contributed by atoms with Gasteiger partial charge in [0, 0.05) is 35.1 Å². The number of nitrogens with zero attached hydrogens (tertiary/aromatic N) is 2. The van der Waals surface area contributed by atoms with Crippen molar-refractivity contribution < 1.29 is 14.0 Å². The van der Waals surface area contributed by atoms with Gasteiger partial charge in [0.1, 0.15) is 11.5 Å². The molecule has 2 aromatic rings. The fraction of sp³-hybridized carbons (Fsp3) is 0.250. The lowest BCUT2D eigenvalue weighted by Crippen LogP contribution is -2.40. The molecule has 2 N–H and O–H groups in total. The van der Waals surface area contributed by atoms with E-state index in [-0.39, 0.29) is 17.7 Å². The molecule has 0 spiro atoms. The van der Waals surface area contributed by atoms with Crippen LogP contribution in [0.4, 0.5) is 0 Å². The van der Waals surface area contributed by atoms with Gasteiger partial charge in [-0.2, -0.15) is 4.99 Å². The third-order valence-corrected chi connectivity index (χ3v) is 6.55. The number of likely N-dealkylation sites (tertiary alicyclic amines) is 1. The summed E-state index contributed by atoms with van der Waals surface area (Å²) in [6.45, 7) is 1.35. The number of carbonyl (C=O) groups excluding carboxylic acids is 2. The average Bonchev–Trinajstić information content (AvgIpc) is 3.30. The Morgan fingerprint density at radius 3 is 2.71 bits per heavy atom. The van der Waals surface area contributed by atoms with Crippen molar-refractivity contribution >= 4 is 50.7 Å². The van der Waals surface area contributed by atoms with Gasteiger partial charge in [0.25, 0.3) is 5.91 Å². The number of hydrogen-bond acceptors (Lipinski definition) is 5. The van der Waals surface area contributed by atoms with E-state index in [0.717, 1.165) is 15.8 Å². The van der Waals surface area contributed by atoms with Gasteiger partial charge in [-0.25, -0.2) is 0 Å². The number of hydrogen-bond donors (Lipinski definition) is 1. The van der Waals surface area contributed by atoms with Crippen molar-refractivity contribution in [2.45, 2.75) is 12.8 Å². The number of primary amides is 1. The Morgan fingerprint density at radius 2 is 2.00 bits per heavy atom. The highest BCUT2D eigenvalue weighted by molar-refractivity contribution is 9.10. The average molecular weight is 460 g/mol. The largest absolute Gasteiger partial charge is 0.457 e. The lowest BCUT2D eigenvalue weighted by molar-refractivity contribution is -0.123. The Hall–Kier alpha value is -2.32. The Bertz CT molecular complexity index is 990. The van der Waals surface area contributed by atoms with Crippen molar-refractivity contribution in [2.75, 3.05) is 13.1 Å². The number of thioether (sulfide) groups is 1. The lowest BCUT2D eigenvalue weighted by Gasteiger charge is -2.31. The van der Waals surface area contributed by atoms with Crippen LogP contribution in [-0.4, -0.2) is 35.0 Å². The second kappa shape index (κ2) is 7.97. The first-order valence-electron chi connectivity index (χ1n) is 8.93. The highest BCUT2D eigenvalue weighted by Gasteiger charge is 2.30. The normalized spacial score (nSPS) is 19.3. The van der Waals surface area contributed by atoms with Gasteiger partial charge in [-0.1, -0.05) is 34.1 Å². The molecule has 28 heavy (non-hydrogen) atoms. The van der Waals surface area contributed by atoms with Crippen molar-refractivity contribution in [3.05, 3.63) is 51.5 Å². The van der Waals surface area contributed by atoms with E-state index in [0.29, 0.717) is 41.8 Å². The van der Waals surface area contributed by atoms with Gasteiger partial charge in [0.2, 0.25) is 5.91 Å². The molecule has 0 radical (unpaired) electrons. The molecule has 0 aliphatic carbocycles. The van der Waals surface area contributed by atoms with Crippen molar-refractivity contribution in [2.24, 2.45) is 16.6 Å². The number of halogens is 1. The minimum Gasteiger partial charge on any atom is -0.457 e. The molecule has 0 unspecified atom stereocenters. The summed E-state index contributed by atoms with van der Waals surface area (Å²) in [5.41, 5.74) is 6.33. The molecule has 1 aromatic carbocycles. The summed E-state index contributed by atoms with van der Waals surface area (Å²) in [4.78, 5) is 30.4. The molecule has 0 bridgehead atoms. The third-order valence-electron chi connectivity index (χ3n) is 4.82. The van der Waals surface area contributed by atoms with E-state index >= 15 is 0 Å². The van der Waals surface area contributed by atoms with Crippen LogP contribution in [0.5, 0.6) is 0 Å². The zero-order valence-electron chi connectivity index (χ0n) is 14.9. The molecule has 1 aromatic heterocycles. The van der Waals surface area contributed by atoms with E-state index in [2.05, 4.69) is 20.9 Å². The van der Waals surface area contributed by atoms with Gasteiger partial charge in [0.05, 0.1) is 4.91 Å². The van der Waals surface area contributed by atoms with Crippen LogP contribution in [0, 0.1) is 5.92 Å². The number of nitrogens with two attached hydrogens (primary N) is 1. The molecular formula is C20H18BrN3O3S.